The van der Waals surface area contributed by atoms with Crippen LogP contribution in [0.25, 0.3) is 0 Å². The zero-order chi connectivity index (χ0) is 29.5. The van der Waals surface area contributed by atoms with E-state index in [9.17, 15) is 36.3 Å². The standard InChI is InChI=1S/C22H27N3O6S.C2HF3O2/c1-4-31-22(28)25-11-9-24(10-12-25)20-8-6-17(21(26)27)14-19(20)23-32(29,30)18-7-5-15(2)16(3)13-18;3-2(4,5)1(6)7/h5-8,13-14,23H,4,9-12H2,1-3H3,(H,26,27);(H,6,7). The van der Waals surface area contributed by atoms with E-state index in [1.165, 1.54) is 18.2 Å². The Bertz CT molecular complexity index is 1320. The fraction of sp³-hybridized carbons (Fsp3) is 0.375. The number of ether oxygens (including phenoxy) is 1. The minimum Gasteiger partial charge on any atom is -0.478 e. The number of hydrogen-bond donors (Lipinski definition) is 3. The molecule has 2 aromatic rings. The van der Waals surface area contributed by atoms with Crippen LogP contribution in [0.4, 0.5) is 29.3 Å². The van der Waals surface area contributed by atoms with Gasteiger partial charge in [0.1, 0.15) is 0 Å². The number of benzene rings is 2. The number of hydrogen-bond acceptors (Lipinski definition) is 7. The van der Waals surface area contributed by atoms with Crippen molar-refractivity contribution in [1.82, 2.24) is 4.90 Å². The Labute approximate surface area is 222 Å². The molecule has 1 saturated heterocycles. The second-order valence-electron chi connectivity index (χ2n) is 8.36. The lowest BCUT2D eigenvalue weighted by Gasteiger charge is -2.36. The number of nitrogens with zero attached hydrogens (tertiary/aromatic N) is 2. The van der Waals surface area contributed by atoms with Crippen LogP contribution in [-0.2, 0) is 19.6 Å². The smallest absolute Gasteiger partial charge is 0.478 e. The first-order chi connectivity index (χ1) is 18.1. The van der Waals surface area contributed by atoms with Crippen LogP contribution in [-0.4, -0.2) is 80.5 Å². The van der Waals surface area contributed by atoms with Crippen molar-refractivity contribution in [3.63, 3.8) is 0 Å². The number of aliphatic carboxylic acids is 1. The fourth-order valence-corrected chi connectivity index (χ4v) is 4.61. The molecule has 1 aliphatic heterocycles. The van der Waals surface area contributed by atoms with E-state index in [-0.39, 0.29) is 22.2 Å². The Hall–Kier alpha value is -4.01. The second-order valence-corrected chi connectivity index (χ2v) is 10.0. The Morgan fingerprint density at radius 3 is 2.05 bits per heavy atom. The molecule has 1 fully saturated rings. The molecule has 39 heavy (non-hydrogen) atoms. The SMILES string of the molecule is CCOC(=O)N1CCN(c2ccc(C(=O)O)cc2NS(=O)(=O)c2ccc(C)c(C)c2)CC1.O=C(O)C(F)(F)F. The molecule has 0 spiro atoms. The third-order valence-electron chi connectivity index (χ3n) is 5.67. The third-order valence-corrected chi connectivity index (χ3v) is 7.03. The zero-order valence-corrected chi connectivity index (χ0v) is 22.1. The predicted molar refractivity (Wildman–Crippen MR) is 135 cm³/mol. The number of aromatic carboxylic acids is 1. The molecule has 3 rings (SSSR count). The van der Waals surface area contributed by atoms with Gasteiger partial charge in [-0.05, 0) is 62.2 Å². The number of carbonyl (C=O) groups is 3. The van der Waals surface area contributed by atoms with Gasteiger partial charge in [-0.25, -0.2) is 22.8 Å². The van der Waals surface area contributed by atoms with E-state index in [1.54, 1.807) is 30.0 Å². The minimum atomic E-state index is -5.08. The van der Waals surface area contributed by atoms with Gasteiger partial charge in [-0.1, -0.05) is 6.07 Å². The van der Waals surface area contributed by atoms with Crippen LogP contribution in [0.5, 0.6) is 0 Å². The van der Waals surface area contributed by atoms with Crippen molar-refractivity contribution in [3.8, 4) is 0 Å². The highest BCUT2D eigenvalue weighted by atomic mass is 32.2. The van der Waals surface area contributed by atoms with E-state index >= 15 is 0 Å². The van der Waals surface area contributed by atoms with E-state index in [1.807, 2.05) is 18.7 Å². The lowest BCUT2D eigenvalue weighted by molar-refractivity contribution is -0.192. The third kappa shape index (κ3) is 8.49. The molecule has 0 saturated carbocycles. The lowest BCUT2D eigenvalue weighted by atomic mass is 10.1. The number of alkyl halides is 3. The van der Waals surface area contributed by atoms with Crippen LogP contribution in [0.2, 0.25) is 0 Å². The number of carboxylic acid groups (broad SMARTS) is 2. The van der Waals surface area contributed by atoms with Crippen LogP contribution >= 0.6 is 0 Å². The molecular weight excluding hydrogens is 547 g/mol. The fourth-order valence-electron chi connectivity index (χ4n) is 3.46. The van der Waals surface area contributed by atoms with E-state index in [2.05, 4.69) is 4.72 Å². The van der Waals surface area contributed by atoms with Gasteiger partial charge in [-0.15, -0.1) is 0 Å². The maximum absolute atomic E-state index is 13.0. The number of aryl methyl sites for hydroxylation is 2. The number of carbonyl (C=O) groups excluding carboxylic acids is 1. The molecule has 3 N–H and O–H groups in total. The van der Waals surface area contributed by atoms with Crippen molar-refractivity contribution in [2.45, 2.75) is 31.8 Å². The molecule has 0 radical (unpaired) electrons. The van der Waals surface area contributed by atoms with Gasteiger partial charge < -0.3 is 24.7 Å². The van der Waals surface area contributed by atoms with Crippen LogP contribution in [0.15, 0.2) is 41.3 Å². The molecule has 1 aliphatic rings. The highest BCUT2D eigenvalue weighted by molar-refractivity contribution is 7.92. The van der Waals surface area contributed by atoms with Crippen molar-refractivity contribution in [2.24, 2.45) is 0 Å². The zero-order valence-electron chi connectivity index (χ0n) is 21.3. The van der Waals surface area contributed by atoms with Crippen LogP contribution < -0.4 is 9.62 Å². The highest BCUT2D eigenvalue weighted by Gasteiger charge is 2.38. The summed E-state index contributed by atoms with van der Waals surface area (Å²) >= 11 is 0. The largest absolute Gasteiger partial charge is 0.490 e. The Kier molecular flexibility index (Phi) is 10.2. The van der Waals surface area contributed by atoms with E-state index in [4.69, 9.17) is 14.6 Å². The summed E-state index contributed by atoms with van der Waals surface area (Å²) in [6.07, 6.45) is -5.47. The van der Waals surface area contributed by atoms with Crippen molar-refractivity contribution in [2.75, 3.05) is 42.4 Å². The van der Waals surface area contributed by atoms with E-state index in [0.29, 0.717) is 38.5 Å². The Morgan fingerprint density at radius 1 is 0.974 bits per heavy atom. The molecule has 0 unspecified atom stereocenters. The number of piperazine rings is 1. The lowest BCUT2D eigenvalue weighted by Crippen LogP contribution is -2.49. The van der Waals surface area contributed by atoms with E-state index in [0.717, 1.165) is 11.1 Å². The molecule has 2 aromatic carbocycles. The molecule has 15 heteroatoms. The summed E-state index contributed by atoms with van der Waals surface area (Å²) in [4.78, 5) is 35.9. The highest BCUT2D eigenvalue weighted by Crippen LogP contribution is 2.31. The van der Waals surface area contributed by atoms with E-state index < -0.39 is 28.1 Å². The summed E-state index contributed by atoms with van der Waals surface area (Å²) in [5.74, 6) is -3.91. The van der Waals surface area contributed by atoms with Gasteiger partial charge in [0, 0.05) is 26.2 Å². The molecular formula is C24H28F3N3O8S. The topological polar surface area (TPSA) is 154 Å². The van der Waals surface area contributed by atoms with Crippen molar-refractivity contribution >= 4 is 39.4 Å². The number of nitrogens with one attached hydrogen (secondary N) is 1. The molecule has 11 nitrogen and oxygen atoms in total. The molecule has 214 valence electrons. The number of amides is 1. The number of sulfonamides is 1. The van der Waals surface area contributed by atoms with Crippen LogP contribution in [0.3, 0.4) is 0 Å². The molecule has 1 heterocycles. The summed E-state index contributed by atoms with van der Waals surface area (Å²) in [7, 11) is -3.94. The molecule has 0 aliphatic carbocycles. The normalized spacial score (nSPS) is 13.7. The maximum Gasteiger partial charge on any atom is 0.490 e. The molecule has 0 bridgehead atoms. The number of carboxylic acids is 2. The van der Waals surface area contributed by atoms with Gasteiger partial charge in [-0.2, -0.15) is 13.2 Å². The van der Waals surface area contributed by atoms with Gasteiger partial charge in [0.15, 0.2) is 0 Å². The summed E-state index contributed by atoms with van der Waals surface area (Å²) in [5.41, 5.74) is 2.50. The van der Waals surface area contributed by atoms with Gasteiger partial charge in [0.25, 0.3) is 10.0 Å². The van der Waals surface area contributed by atoms with Gasteiger partial charge >= 0.3 is 24.2 Å². The van der Waals surface area contributed by atoms with Gasteiger partial charge in [0.05, 0.1) is 28.4 Å². The summed E-state index contributed by atoms with van der Waals surface area (Å²) in [6.45, 7) is 7.46. The predicted octanol–water partition coefficient (Wildman–Crippen LogP) is 3.71. The van der Waals surface area contributed by atoms with Crippen molar-refractivity contribution < 1.29 is 50.9 Å². The first-order valence-corrected chi connectivity index (χ1v) is 13.0. The maximum atomic E-state index is 13.0. The average molecular weight is 576 g/mol. The van der Waals surface area contributed by atoms with Crippen LogP contribution in [0.1, 0.15) is 28.4 Å². The molecule has 1 amide bonds. The monoisotopic (exact) mass is 575 g/mol. The summed E-state index contributed by atoms with van der Waals surface area (Å²) in [5, 5.41) is 16.5. The molecule has 0 atom stereocenters. The number of halogens is 3. The Morgan fingerprint density at radius 2 is 1.56 bits per heavy atom. The Balaban J connectivity index is 0.000000673. The van der Waals surface area contributed by atoms with Gasteiger partial charge in [-0.3, -0.25) is 4.72 Å². The quantitative estimate of drug-likeness (QED) is 0.468. The first kappa shape index (κ1) is 31.2. The summed E-state index contributed by atoms with van der Waals surface area (Å²) < 4.78 is 65.4. The summed E-state index contributed by atoms with van der Waals surface area (Å²) in [6, 6.07) is 9.16. The van der Waals surface area contributed by atoms with Crippen molar-refractivity contribution in [1.29, 1.82) is 0 Å². The number of anilines is 2. The number of rotatable bonds is 6. The molecule has 0 aromatic heterocycles. The second kappa shape index (κ2) is 12.7. The first-order valence-electron chi connectivity index (χ1n) is 11.5. The average Bonchev–Trinajstić information content (AvgIpc) is 2.85. The van der Waals surface area contributed by atoms with Crippen molar-refractivity contribution in [3.05, 3.63) is 53.1 Å². The minimum absolute atomic E-state index is 0.0308. The van der Waals surface area contributed by atoms with Gasteiger partial charge in [0.2, 0.25) is 0 Å². The van der Waals surface area contributed by atoms with Crippen LogP contribution in [0, 0.1) is 13.8 Å².